The molecule has 4 heteroatoms. The van der Waals surface area contributed by atoms with Crippen molar-refractivity contribution < 1.29 is 9.59 Å². The molecule has 1 aliphatic heterocycles. The van der Waals surface area contributed by atoms with Gasteiger partial charge in [0.05, 0.1) is 0 Å². The zero-order chi connectivity index (χ0) is 12.3. The lowest BCUT2D eigenvalue weighted by atomic mass is 10.2. The van der Waals surface area contributed by atoms with Crippen molar-refractivity contribution in [1.29, 1.82) is 0 Å². The zero-order valence-electron chi connectivity index (χ0n) is 9.69. The van der Waals surface area contributed by atoms with Crippen molar-refractivity contribution in [3.63, 3.8) is 0 Å². The fourth-order valence-electron chi connectivity index (χ4n) is 1.97. The number of hydrogen-bond acceptors (Lipinski definition) is 3. The van der Waals surface area contributed by atoms with E-state index in [2.05, 4.69) is 0 Å². The number of benzene rings is 1. The van der Waals surface area contributed by atoms with Crippen LogP contribution in [0.3, 0.4) is 0 Å². The van der Waals surface area contributed by atoms with Gasteiger partial charge in [0.2, 0.25) is 0 Å². The van der Waals surface area contributed by atoms with Crippen LogP contribution < -0.4 is 5.73 Å². The Morgan fingerprint density at radius 3 is 2.53 bits per heavy atom. The van der Waals surface area contributed by atoms with Gasteiger partial charge in [-0.3, -0.25) is 9.59 Å². The van der Waals surface area contributed by atoms with Gasteiger partial charge in [-0.05, 0) is 30.7 Å². The Kier molecular flexibility index (Phi) is 3.42. The molecule has 0 spiro atoms. The molecule has 0 radical (unpaired) electrons. The van der Waals surface area contributed by atoms with Gasteiger partial charge in [0, 0.05) is 37.2 Å². The van der Waals surface area contributed by atoms with E-state index in [0.717, 1.165) is 6.42 Å². The maximum atomic E-state index is 12.1. The summed E-state index contributed by atoms with van der Waals surface area (Å²) in [6.07, 6.45) is 1.83. The SMILES string of the molecule is Nc1ccc(C(=O)N2CCCC(=O)CC2)cc1. The molecule has 2 N–H and O–H groups in total. The van der Waals surface area contributed by atoms with Crippen molar-refractivity contribution in [3.8, 4) is 0 Å². The minimum atomic E-state index is -0.0142. The smallest absolute Gasteiger partial charge is 0.253 e. The molecular formula is C13H16N2O2. The van der Waals surface area contributed by atoms with Crippen LogP contribution in [-0.2, 0) is 4.79 Å². The lowest BCUT2D eigenvalue weighted by Crippen LogP contribution is -2.32. The van der Waals surface area contributed by atoms with Crippen molar-refractivity contribution in [1.82, 2.24) is 4.90 Å². The van der Waals surface area contributed by atoms with E-state index in [1.54, 1.807) is 29.2 Å². The molecule has 1 aromatic rings. The Morgan fingerprint density at radius 2 is 1.82 bits per heavy atom. The fourth-order valence-corrected chi connectivity index (χ4v) is 1.97. The van der Waals surface area contributed by atoms with E-state index in [4.69, 9.17) is 5.73 Å². The number of carbonyl (C=O) groups excluding carboxylic acids is 2. The molecule has 2 rings (SSSR count). The molecule has 1 amide bonds. The van der Waals surface area contributed by atoms with Crippen molar-refractivity contribution >= 4 is 17.4 Å². The number of likely N-dealkylation sites (tertiary alicyclic amines) is 1. The standard InChI is InChI=1S/C13H16N2O2/c14-11-5-3-10(4-6-11)13(17)15-8-1-2-12(16)7-9-15/h3-6H,1-2,7-9,14H2. The van der Waals surface area contributed by atoms with Crippen LogP contribution in [0.25, 0.3) is 0 Å². The molecule has 0 atom stereocenters. The Balaban J connectivity index is 2.08. The molecule has 0 saturated carbocycles. The highest BCUT2D eigenvalue weighted by Gasteiger charge is 2.19. The Morgan fingerprint density at radius 1 is 1.12 bits per heavy atom. The summed E-state index contributed by atoms with van der Waals surface area (Å²) >= 11 is 0. The third-order valence-electron chi connectivity index (χ3n) is 2.99. The number of rotatable bonds is 1. The van der Waals surface area contributed by atoms with E-state index in [-0.39, 0.29) is 11.7 Å². The summed E-state index contributed by atoms with van der Waals surface area (Å²) in [4.78, 5) is 25.2. The highest BCUT2D eigenvalue weighted by Crippen LogP contribution is 2.13. The first kappa shape index (κ1) is 11.6. The molecule has 17 heavy (non-hydrogen) atoms. The number of anilines is 1. The van der Waals surface area contributed by atoms with E-state index in [1.807, 2.05) is 0 Å². The van der Waals surface area contributed by atoms with Crippen LogP contribution in [0.2, 0.25) is 0 Å². The summed E-state index contributed by atoms with van der Waals surface area (Å²) < 4.78 is 0. The summed E-state index contributed by atoms with van der Waals surface area (Å²) in [5, 5.41) is 0. The molecule has 0 aromatic heterocycles. The molecule has 1 fully saturated rings. The second-order valence-corrected chi connectivity index (χ2v) is 4.31. The first-order valence-corrected chi connectivity index (χ1v) is 5.83. The second kappa shape index (κ2) is 4.99. The van der Waals surface area contributed by atoms with E-state index in [9.17, 15) is 9.59 Å². The Hall–Kier alpha value is -1.84. The van der Waals surface area contributed by atoms with Gasteiger partial charge in [-0.15, -0.1) is 0 Å². The topological polar surface area (TPSA) is 63.4 Å². The van der Waals surface area contributed by atoms with Crippen LogP contribution in [0.1, 0.15) is 29.6 Å². The Bertz CT molecular complexity index is 426. The number of nitrogens with two attached hydrogens (primary N) is 1. The van der Waals surface area contributed by atoms with Crippen molar-refractivity contribution in [2.45, 2.75) is 19.3 Å². The first-order valence-electron chi connectivity index (χ1n) is 5.83. The fraction of sp³-hybridized carbons (Fsp3) is 0.385. The third-order valence-corrected chi connectivity index (χ3v) is 2.99. The molecule has 1 aromatic carbocycles. The maximum absolute atomic E-state index is 12.1. The van der Waals surface area contributed by atoms with Gasteiger partial charge in [0.15, 0.2) is 0 Å². The maximum Gasteiger partial charge on any atom is 0.253 e. The van der Waals surface area contributed by atoms with Crippen LogP contribution >= 0.6 is 0 Å². The van der Waals surface area contributed by atoms with E-state index in [0.29, 0.717) is 37.2 Å². The summed E-state index contributed by atoms with van der Waals surface area (Å²) in [7, 11) is 0. The van der Waals surface area contributed by atoms with Crippen LogP contribution in [0.15, 0.2) is 24.3 Å². The summed E-state index contributed by atoms with van der Waals surface area (Å²) in [6.45, 7) is 1.19. The molecule has 1 heterocycles. The van der Waals surface area contributed by atoms with Gasteiger partial charge >= 0.3 is 0 Å². The lowest BCUT2D eigenvalue weighted by molar-refractivity contribution is -0.118. The van der Waals surface area contributed by atoms with E-state index < -0.39 is 0 Å². The normalized spacial score (nSPS) is 16.7. The summed E-state index contributed by atoms with van der Waals surface area (Å²) in [5.74, 6) is 0.234. The molecule has 0 aliphatic carbocycles. The molecule has 1 saturated heterocycles. The number of hydrogen-bond donors (Lipinski definition) is 1. The average Bonchev–Trinajstić information content (AvgIpc) is 2.54. The van der Waals surface area contributed by atoms with Crippen LogP contribution in [0.4, 0.5) is 5.69 Å². The average molecular weight is 232 g/mol. The highest BCUT2D eigenvalue weighted by atomic mass is 16.2. The molecule has 1 aliphatic rings. The van der Waals surface area contributed by atoms with Crippen LogP contribution in [-0.4, -0.2) is 29.7 Å². The van der Waals surface area contributed by atoms with E-state index in [1.165, 1.54) is 0 Å². The van der Waals surface area contributed by atoms with Gasteiger partial charge in [0.25, 0.3) is 5.91 Å². The third kappa shape index (κ3) is 2.84. The van der Waals surface area contributed by atoms with Gasteiger partial charge in [0.1, 0.15) is 5.78 Å². The Labute approximate surface area is 100 Å². The molecular weight excluding hydrogens is 216 g/mol. The quantitative estimate of drug-likeness (QED) is 0.746. The minimum Gasteiger partial charge on any atom is -0.399 e. The molecule has 4 nitrogen and oxygen atoms in total. The highest BCUT2D eigenvalue weighted by molar-refractivity contribution is 5.95. The predicted octanol–water partition coefficient (Wildman–Crippen LogP) is 1.46. The van der Waals surface area contributed by atoms with Gasteiger partial charge < -0.3 is 10.6 Å². The van der Waals surface area contributed by atoms with Gasteiger partial charge in [-0.1, -0.05) is 0 Å². The number of Topliss-reactive ketones (excluding diaryl/α,β-unsaturated/α-hetero) is 1. The first-order chi connectivity index (χ1) is 8.16. The summed E-state index contributed by atoms with van der Waals surface area (Å²) in [5.41, 5.74) is 6.86. The van der Waals surface area contributed by atoms with Crippen LogP contribution in [0, 0.1) is 0 Å². The van der Waals surface area contributed by atoms with Crippen molar-refractivity contribution in [2.24, 2.45) is 0 Å². The zero-order valence-corrected chi connectivity index (χ0v) is 9.69. The van der Waals surface area contributed by atoms with Gasteiger partial charge in [-0.25, -0.2) is 0 Å². The van der Waals surface area contributed by atoms with E-state index >= 15 is 0 Å². The number of nitrogens with zero attached hydrogens (tertiary/aromatic N) is 1. The van der Waals surface area contributed by atoms with Gasteiger partial charge in [-0.2, -0.15) is 0 Å². The molecule has 0 bridgehead atoms. The number of amides is 1. The van der Waals surface area contributed by atoms with Crippen molar-refractivity contribution in [3.05, 3.63) is 29.8 Å². The van der Waals surface area contributed by atoms with Crippen molar-refractivity contribution in [2.75, 3.05) is 18.8 Å². The monoisotopic (exact) mass is 232 g/mol. The largest absolute Gasteiger partial charge is 0.399 e. The number of ketones is 1. The summed E-state index contributed by atoms with van der Waals surface area (Å²) in [6, 6.07) is 6.89. The second-order valence-electron chi connectivity index (χ2n) is 4.31. The number of carbonyl (C=O) groups is 2. The minimum absolute atomic E-state index is 0.0142. The molecule has 0 unspecified atom stereocenters. The van der Waals surface area contributed by atoms with Crippen LogP contribution in [0.5, 0.6) is 0 Å². The lowest BCUT2D eigenvalue weighted by Gasteiger charge is -2.19. The molecule has 90 valence electrons. The predicted molar refractivity (Wildman–Crippen MR) is 65.6 cm³/mol. The number of nitrogen functional groups attached to an aromatic ring is 1.